The van der Waals surface area contributed by atoms with E-state index in [9.17, 15) is 18.0 Å². The van der Waals surface area contributed by atoms with E-state index in [1.807, 2.05) is 18.0 Å². The molecule has 0 unspecified atom stereocenters. The van der Waals surface area contributed by atoms with E-state index in [2.05, 4.69) is 32.1 Å². The number of nitrogens with one attached hydrogen (secondary N) is 3. The summed E-state index contributed by atoms with van der Waals surface area (Å²) in [6.45, 7) is 9.55. The first-order chi connectivity index (χ1) is 19.4. The third kappa shape index (κ3) is 7.93. The summed E-state index contributed by atoms with van der Waals surface area (Å²) in [5, 5.41) is 6.97. The first-order valence-electron chi connectivity index (χ1n) is 13.0. The number of halogens is 3. The van der Waals surface area contributed by atoms with Gasteiger partial charge in [-0.15, -0.1) is 0 Å². The quantitative estimate of drug-likeness (QED) is 0.185. The van der Waals surface area contributed by atoms with Crippen LogP contribution in [-0.4, -0.2) is 77.6 Å². The Morgan fingerprint density at radius 1 is 1.22 bits per heavy atom. The zero-order valence-electron chi connectivity index (χ0n) is 23.2. The molecule has 3 N–H and O–H groups in total. The Morgan fingerprint density at radius 3 is 2.63 bits per heavy atom. The van der Waals surface area contributed by atoms with Crippen LogP contribution in [-0.2, 0) is 17.5 Å². The molecule has 0 bridgehead atoms. The molecule has 2 aromatic heterocycles. The first kappa shape index (κ1) is 30.2. The molecular formula is C29H33F3N6O2S. The number of fused-ring (bicyclic) bond motifs is 1. The normalized spacial score (nSPS) is 15.1. The van der Waals surface area contributed by atoms with Crippen LogP contribution in [0, 0.1) is 0 Å². The topological polar surface area (TPSA) is 85.5 Å². The predicted molar refractivity (Wildman–Crippen MR) is 158 cm³/mol. The van der Waals surface area contributed by atoms with Crippen molar-refractivity contribution in [3.05, 3.63) is 82.8 Å². The van der Waals surface area contributed by atoms with Gasteiger partial charge in [0.1, 0.15) is 16.3 Å². The molecule has 3 aromatic rings. The van der Waals surface area contributed by atoms with Crippen molar-refractivity contribution in [2.75, 3.05) is 52.2 Å². The number of hydrogen-bond donors (Lipinski definition) is 3. The van der Waals surface area contributed by atoms with Crippen LogP contribution >= 0.6 is 12.2 Å². The molecule has 1 fully saturated rings. The lowest BCUT2D eigenvalue weighted by atomic mass is 10.0. The van der Waals surface area contributed by atoms with Gasteiger partial charge in [-0.05, 0) is 49.4 Å². The fourth-order valence-corrected chi connectivity index (χ4v) is 4.85. The first-order valence-corrected chi connectivity index (χ1v) is 13.4. The highest BCUT2D eigenvalue weighted by Crippen LogP contribution is 2.33. The van der Waals surface area contributed by atoms with Crippen molar-refractivity contribution < 1.29 is 22.7 Å². The fraction of sp³-hybridized carbons (Fsp3) is 0.345. The van der Waals surface area contributed by atoms with Gasteiger partial charge < -0.3 is 25.3 Å². The summed E-state index contributed by atoms with van der Waals surface area (Å²) in [5.41, 5.74) is 2.81. The number of H-pyrrole nitrogens is 1. The maximum atomic E-state index is 14.0. The summed E-state index contributed by atoms with van der Waals surface area (Å²) in [4.78, 5) is 23.3. The summed E-state index contributed by atoms with van der Waals surface area (Å²) in [7, 11) is 3.32. The van der Waals surface area contributed by atoms with Crippen LogP contribution in [0.4, 0.5) is 18.9 Å². The van der Waals surface area contributed by atoms with Gasteiger partial charge in [-0.2, -0.15) is 13.2 Å². The maximum absolute atomic E-state index is 14.0. The number of aromatic nitrogens is 2. The smallest absolute Gasteiger partial charge is 0.416 e. The van der Waals surface area contributed by atoms with E-state index in [-0.39, 0.29) is 17.1 Å². The average Bonchev–Trinajstić information content (AvgIpc) is 3.36. The van der Waals surface area contributed by atoms with Crippen LogP contribution in [0.1, 0.15) is 34.1 Å². The number of ether oxygens (including phenoxy) is 1. The number of carbonyl (C=O) groups is 1. The standard InChI is InChI=1S/C29H33F3N6O2S/c1-18(15-33-23-12-22-14-25(28(39)40-4)36-26(22)34-16-23)11-19(2)35-27(41)20-5-6-21(24(13-20)29(30,31)32)17-38-9-7-37(3)8-10-38/h5-6,11-14,16,33H,1,7-10,15,17H2,2-4H3,(H,34,36)(H,35,41)/b19-11+. The summed E-state index contributed by atoms with van der Waals surface area (Å²) in [5.74, 6) is -0.479. The van der Waals surface area contributed by atoms with Gasteiger partial charge in [-0.1, -0.05) is 30.9 Å². The second kappa shape index (κ2) is 12.8. The van der Waals surface area contributed by atoms with Crippen molar-refractivity contribution >= 4 is 39.9 Å². The average molecular weight is 587 g/mol. The van der Waals surface area contributed by atoms with Crippen molar-refractivity contribution in [3.8, 4) is 0 Å². The molecule has 0 aliphatic carbocycles. The van der Waals surface area contributed by atoms with Crippen LogP contribution in [0.3, 0.4) is 0 Å². The highest BCUT2D eigenvalue weighted by atomic mass is 32.1. The highest BCUT2D eigenvalue weighted by molar-refractivity contribution is 7.80. The Morgan fingerprint density at radius 2 is 1.95 bits per heavy atom. The van der Waals surface area contributed by atoms with Crippen molar-refractivity contribution in [2.24, 2.45) is 0 Å². The molecule has 3 heterocycles. The van der Waals surface area contributed by atoms with Crippen molar-refractivity contribution in [2.45, 2.75) is 19.6 Å². The zero-order chi connectivity index (χ0) is 29.7. The number of benzene rings is 1. The molecule has 0 saturated carbocycles. The van der Waals surface area contributed by atoms with E-state index >= 15 is 0 Å². The van der Waals surface area contributed by atoms with Gasteiger partial charge in [0.2, 0.25) is 0 Å². The number of nitrogens with zero attached hydrogens (tertiary/aromatic N) is 3. The molecule has 218 valence electrons. The van der Waals surface area contributed by atoms with E-state index in [0.29, 0.717) is 34.7 Å². The Balaban J connectivity index is 1.37. The van der Waals surface area contributed by atoms with Crippen LogP contribution in [0.15, 0.2) is 60.5 Å². The molecule has 0 amide bonds. The number of allylic oxidation sites excluding steroid dienone is 1. The molecule has 4 rings (SSSR count). The van der Waals surface area contributed by atoms with Gasteiger partial charge >= 0.3 is 12.1 Å². The molecule has 8 nitrogen and oxygen atoms in total. The minimum Gasteiger partial charge on any atom is -0.464 e. The van der Waals surface area contributed by atoms with Crippen LogP contribution in [0.2, 0.25) is 0 Å². The summed E-state index contributed by atoms with van der Waals surface area (Å²) in [6.07, 6.45) is -1.09. The predicted octanol–water partition coefficient (Wildman–Crippen LogP) is 4.95. The second-order valence-electron chi connectivity index (χ2n) is 10.1. The molecule has 0 spiro atoms. The van der Waals surface area contributed by atoms with Gasteiger partial charge in [0.15, 0.2) is 0 Å². The van der Waals surface area contributed by atoms with E-state index in [0.717, 1.165) is 43.3 Å². The molecular weight excluding hydrogens is 553 g/mol. The molecule has 0 radical (unpaired) electrons. The monoisotopic (exact) mass is 586 g/mol. The number of hydrogen-bond acceptors (Lipinski definition) is 7. The van der Waals surface area contributed by atoms with E-state index in [4.69, 9.17) is 17.0 Å². The van der Waals surface area contributed by atoms with Crippen LogP contribution in [0.25, 0.3) is 11.0 Å². The van der Waals surface area contributed by atoms with Gasteiger partial charge in [-0.25, -0.2) is 9.78 Å². The number of piperazine rings is 1. The summed E-state index contributed by atoms with van der Waals surface area (Å²) >= 11 is 5.44. The number of methoxy groups -OCH3 is 1. The van der Waals surface area contributed by atoms with Gasteiger partial charge in [0, 0.05) is 55.9 Å². The third-order valence-electron chi connectivity index (χ3n) is 6.79. The molecule has 1 aliphatic rings. The Bertz CT molecular complexity index is 1470. The lowest BCUT2D eigenvalue weighted by Crippen LogP contribution is -2.44. The molecule has 41 heavy (non-hydrogen) atoms. The molecule has 12 heteroatoms. The molecule has 0 atom stereocenters. The Hall–Kier alpha value is -3.74. The second-order valence-corrected chi connectivity index (χ2v) is 10.5. The zero-order valence-corrected chi connectivity index (χ0v) is 24.0. The minimum atomic E-state index is -4.49. The third-order valence-corrected chi connectivity index (χ3v) is 7.13. The lowest BCUT2D eigenvalue weighted by molar-refractivity contribution is -0.138. The number of likely N-dealkylation sites (N-methyl/N-ethyl adjacent to an activating group) is 1. The number of thiocarbonyl (C=S) groups is 1. The Kier molecular flexibility index (Phi) is 9.46. The van der Waals surface area contributed by atoms with Crippen molar-refractivity contribution in [1.29, 1.82) is 0 Å². The minimum absolute atomic E-state index is 0.194. The van der Waals surface area contributed by atoms with Gasteiger partial charge in [0.05, 0.1) is 24.6 Å². The fourth-order valence-electron chi connectivity index (χ4n) is 4.56. The van der Waals surface area contributed by atoms with E-state index in [1.165, 1.54) is 13.2 Å². The number of anilines is 1. The molecule has 1 aliphatic heterocycles. The van der Waals surface area contributed by atoms with Crippen molar-refractivity contribution in [1.82, 2.24) is 25.1 Å². The van der Waals surface area contributed by atoms with Crippen molar-refractivity contribution in [3.63, 3.8) is 0 Å². The number of alkyl halides is 3. The van der Waals surface area contributed by atoms with E-state index in [1.54, 1.807) is 31.3 Å². The molecule has 1 aromatic carbocycles. The molecule has 1 saturated heterocycles. The number of carbonyl (C=O) groups excluding carboxylic acids is 1. The van der Waals surface area contributed by atoms with Gasteiger partial charge in [0.25, 0.3) is 0 Å². The number of esters is 1. The largest absolute Gasteiger partial charge is 0.464 e. The van der Waals surface area contributed by atoms with E-state index < -0.39 is 17.7 Å². The number of pyridine rings is 1. The highest BCUT2D eigenvalue weighted by Gasteiger charge is 2.34. The summed E-state index contributed by atoms with van der Waals surface area (Å²) < 4.78 is 46.6. The number of rotatable bonds is 9. The summed E-state index contributed by atoms with van der Waals surface area (Å²) in [6, 6.07) is 7.78. The van der Waals surface area contributed by atoms with Crippen LogP contribution in [0.5, 0.6) is 0 Å². The SMILES string of the molecule is C=C(/C=C(\C)NC(=S)c1ccc(CN2CCN(C)CC2)c(C(F)(F)F)c1)CNc1cnc2[nH]c(C(=O)OC)cc2c1. The van der Waals surface area contributed by atoms with Gasteiger partial charge in [-0.3, -0.25) is 4.90 Å². The number of aromatic amines is 1. The lowest BCUT2D eigenvalue weighted by Gasteiger charge is -2.33. The Labute approximate surface area is 242 Å². The van der Waals surface area contributed by atoms with Crippen LogP contribution < -0.4 is 10.6 Å². The maximum Gasteiger partial charge on any atom is 0.416 e.